The minimum Gasteiger partial charge on any atom is -0.304 e. The zero-order valence-electron chi connectivity index (χ0n) is 9.65. The third kappa shape index (κ3) is 2.03. The zero-order valence-corrected chi connectivity index (χ0v) is 12.0. The van der Waals surface area contributed by atoms with Crippen molar-refractivity contribution in [3.05, 3.63) is 45.5 Å². The largest absolute Gasteiger partial charge is 0.304 e. The average molecular weight is 297 g/mol. The smallest absolute Gasteiger partial charge is 0.156 e. The van der Waals surface area contributed by atoms with Crippen LogP contribution in [0.1, 0.15) is 11.8 Å². The van der Waals surface area contributed by atoms with E-state index in [0.29, 0.717) is 10.0 Å². The van der Waals surface area contributed by atoms with E-state index in [0.717, 1.165) is 22.6 Å². The Labute approximate surface area is 119 Å². The summed E-state index contributed by atoms with van der Waals surface area (Å²) in [7, 11) is 0. The Bertz CT molecular complexity index is 715. The van der Waals surface area contributed by atoms with Crippen LogP contribution in [-0.4, -0.2) is 9.38 Å². The van der Waals surface area contributed by atoms with Gasteiger partial charge in [0.1, 0.15) is 0 Å². The summed E-state index contributed by atoms with van der Waals surface area (Å²) in [5.74, 6) is 0. The number of imidazole rings is 1. The SMILES string of the molecule is CCc1ccc(-c2cn3cc(Cl)cc(Cl)c3n2)s1. The number of nitrogens with zero attached hydrogens (tertiary/aromatic N) is 2. The first-order valence-electron chi connectivity index (χ1n) is 5.60. The normalized spacial score (nSPS) is 11.3. The minimum absolute atomic E-state index is 0.570. The summed E-state index contributed by atoms with van der Waals surface area (Å²) >= 11 is 13.9. The lowest BCUT2D eigenvalue weighted by Crippen LogP contribution is -1.82. The maximum absolute atomic E-state index is 6.13. The first-order valence-corrected chi connectivity index (χ1v) is 7.17. The lowest BCUT2D eigenvalue weighted by atomic mass is 10.3. The van der Waals surface area contributed by atoms with Gasteiger partial charge in [0.2, 0.25) is 0 Å². The van der Waals surface area contributed by atoms with Crippen molar-refractivity contribution in [1.29, 1.82) is 0 Å². The van der Waals surface area contributed by atoms with Gasteiger partial charge >= 0.3 is 0 Å². The Morgan fingerprint density at radius 3 is 2.83 bits per heavy atom. The number of hydrogen-bond donors (Lipinski definition) is 0. The number of rotatable bonds is 2. The van der Waals surface area contributed by atoms with Crippen molar-refractivity contribution >= 4 is 40.2 Å². The van der Waals surface area contributed by atoms with E-state index < -0.39 is 0 Å². The lowest BCUT2D eigenvalue weighted by Gasteiger charge is -1.95. The predicted octanol–water partition coefficient (Wildman–Crippen LogP) is 4.93. The molecule has 0 aliphatic rings. The minimum atomic E-state index is 0.570. The highest BCUT2D eigenvalue weighted by Crippen LogP contribution is 2.30. The van der Waals surface area contributed by atoms with Crippen LogP contribution in [0.5, 0.6) is 0 Å². The number of halogens is 2. The van der Waals surface area contributed by atoms with Crippen molar-refractivity contribution in [2.24, 2.45) is 0 Å². The fourth-order valence-corrected chi connectivity index (χ4v) is 3.28. The standard InChI is InChI=1S/C13H10Cl2N2S/c1-2-9-3-4-12(18-9)11-7-17-6-8(14)5-10(15)13(17)16-11/h3-7H,2H2,1H3. The molecule has 3 rings (SSSR count). The lowest BCUT2D eigenvalue weighted by molar-refractivity contribution is 1.19. The van der Waals surface area contributed by atoms with E-state index in [4.69, 9.17) is 23.2 Å². The molecule has 0 radical (unpaired) electrons. The highest BCUT2D eigenvalue weighted by Gasteiger charge is 2.10. The Morgan fingerprint density at radius 2 is 2.11 bits per heavy atom. The maximum atomic E-state index is 6.13. The molecule has 0 aliphatic heterocycles. The molecule has 3 aromatic rings. The molecule has 0 atom stereocenters. The molecule has 0 aliphatic carbocycles. The number of fused-ring (bicyclic) bond motifs is 1. The molecule has 92 valence electrons. The van der Waals surface area contributed by atoms with Gasteiger partial charge in [-0.2, -0.15) is 0 Å². The Balaban J connectivity index is 2.16. The van der Waals surface area contributed by atoms with Crippen molar-refractivity contribution < 1.29 is 0 Å². The number of aromatic nitrogens is 2. The highest BCUT2D eigenvalue weighted by molar-refractivity contribution is 7.15. The molecule has 0 bridgehead atoms. The Hall–Kier alpha value is -1.03. The summed E-state index contributed by atoms with van der Waals surface area (Å²) in [5, 5.41) is 1.18. The van der Waals surface area contributed by atoms with Gasteiger partial charge in [-0.1, -0.05) is 30.1 Å². The van der Waals surface area contributed by atoms with Crippen LogP contribution < -0.4 is 0 Å². The van der Waals surface area contributed by atoms with Gasteiger partial charge in [-0.3, -0.25) is 0 Å². The highest BCUT2D eigenvalue weighted by atomic mass is 35.5. The Kier molecular flexibility index (Phi) is 3.06. The molecular weight excluding hydrogens is 287 g/mol. The Morgan fingerprint density at radius 1 is 1.28 bits per heavy atom. The van der Waals surface area contributed by atoms with E-state index in [1.165, 1.54) is 4.88 Å². The molecule has 3 aromatic heterocycles. The van der Waals surface area contributed by atoms with Crippen LogP contribution in [0.2, 0.25) is 10.0 Å². The van der Waals surface area contributed by atoms with E-state index in [9.17, 15) is 0 Å². The van der Waals surface area contributed by atoms with Crippen molar-refractivity contribution in [2.75, 3.05) is 0 Å². The number of thiophene rings is 1. The summed E-state index contributed by atoms with van der Waals surface area (Å²) in [5.41, 5.74) is 1.67. The molecule has 0 N–H and O–H groups in total. The topological polar surface area (TPSA) is 17.3 Å². The summed E-state index contributed by atoms with van der Waals surface area (Å²) in [6.07, 6.45) is 4.82. The second kappa shape index (κ2) is 4.57. The van der Waals surface area contributed by atoms with Crippen LogP contribution in [0.3, 0.4) is 0 Å². The average Bonchev–Trinajstić information content (AvgIpc) is 2.93. The molecule has 0 unspecified atom stereocenters. The second-order valence-electron chi connectivity index (χ2n) is 3.98. The van der Waals surface area contributed by atoms with Crippen molar-refractivity contribution in [1.82, 2.24) is 9.38 Å². The molecule has 0 amide bonds. The monoisotopic (exact) mass is 296 g/mol. The van der Waals surface area contributed by atoms with E-state index in [1.54, 1.807) is 17.4 Å². The third-order valence-electron chi connectivity index (χ3n) is 2.74. The zero-order chi connectivity index (χ0) is 12.7. The van der Waals surface area contributed by atoms with Gasteiger partial charge < -0.3 is 4.40 Å². The third-order valence-corrected chi connectivity index (χ3v) is 4.47. The summed E-state index contributed by atoms with van der Waals surface area (Å²) in [4.78, 5) is 7.06. The van der Waals surface area contributed by atoms with E-state index in [-0.39, 0.29) is 0 Å². The van der Waals surface area contributed by atoms with Gasteiger partial charge in [0, 0.05) is 17.3 Å². The van der Waals surface area contributed by atoms with Gasteiger partial charge in [0.05, 0.1) is 20.6 Å². The van der Waals surface area contributed by atoms with E-state index >= 15 is 0 Å². The molecule has 2 nitrogen and oxygen atoms in total. The van der Waals surface area contributed by atoms with Crippen LogP contribution in [0.15, 0.2) is 30.6 Å². The molecule has 0 saturated carbocycles. The van der Waals surface area contributed by atoms with Crippen molar-refractivity contribution in [3.63, 3.8) is 0 Å². The van der Waals surface area contributed by atoms with Crippen LogP contribution in [0.25, 0.3) is 16.2 Å². The van der Waals surface area contributed by atoms with Crippen LogP contribution in [-0.2, 0) is 6.42 Å². The van der Waals surface area contributed by atoms with E-state index in [2.05, 4.69) is 24.0 Å². The van der Waals surface area contributed by atoms with Crippen molar-refractivity contribution in [2.45, 2.75) is 13.3 Å². The summed E-state index contributed by atoms with van der Waals surface area (Å²) in [6, 6.07) is 5.94. The molecular formula is C13H10Cl2N2S. The fraction of sp³-hybridized carbons (Fsp3) is 0.154. The number of pyridine rings is 1. The van der Waals surface area contributed by atoms with Crippen LogP contribution >= 0.6 is 34.5 Å². The van der Waals surface area contributed by atoms with Gasteiger partial charge in [-0.15, -0.1) is 11.3 Å². The quantitative estimate of drug-likeness (QED) is 0.655. The van der Waals surface area contributed by atoms with E-state index in [1.807, 2.05) is 16.8 Å². The predicted molar refractivity (Wildman–Crippen MR) is 77.9 cm³/mol. The molecule has 3 heterocycles. The fourth-order valence-electron chi connectivity index (χ4n) is 1.85. The molecule has 5 heteroatoms. The van der Waals surface area contributed by atoms with Gasteiger partial charge in [-0.05, 0) is 24.6 Å². The molecule has 0 fully saturated rings. The van der Waals surface area contributed by atoms with Gasteiger partial charge in [0.15, 0.2) is 5.65 Å². The summed E-state index contributed by atoms with van der Waals surface area (Å²) in [6.45, 7) is 2.15. The molecule has 0 saturated heterocycles. The van der Waals surface area contributed by atoms with Crippen molar-refractivity contribution in [3.8, 4) is 10.6 Å². The van der Waals surface area contributed by atoms with Crippen LogP contribution in [0, 0.1) is 0 Å². The second-order valence-corrected chi connectivity index (χ2v) is 5.99. The molecule has 18 heavy (non-hydrogen) atoms. The number of aryl methyl sites for hydroxylation is 1. The van der Waals surface area contributed by atoms with Gasteiger partial charge in [0.25, 0.3) is 0 Å². The van der Waals surface area contributed by atoms with Gasteiger partial charge in [-0.25, -0.2) is 4.98 Å². The summed E-state index contributed by atoms with van der Waals surface area (Å²) < 4.78 is 1.87. The first kappa shape index (κ1) is 12.0. The van der Waals surface area contributed by atoms with Crippen LogP contribution in [0.4, 0.5) is 0 Å². The first-order chi connectivity index (χ1) is 8.67. The maximum Gasteiger partial charge on any atom is 0.156 e. The number of hydrogen-bond acceptors (Lipinski definition) is 2. The molecule has 0 spiro atoms. The molecule has 0 aromatic carbocycles.